The van der Waals surface area contributed by atoms with Gasteiger partial charge in [-0.2, -0.15) is 0 Å². The van der Waals surface area contributed by atoms with E-state index >= 15 is 0 Å². The molecule has 1 fully saturated rings. The molecule has 15 heavy (non-hydrogen) atoms. The quantitative estimate of drug-likeness (QED) is 0.529. The van der Waals surface area contributed by atoms with E-state index in [4.69, 9.17) is 6.42 Å². The van der Waals surface area contributed by atoms with Crippen LogP contribution in [0.1, 0.15) is 39.0 Å². The number of nitrogens with one attached hydrogen (secondary N) is 1. The van der Waals surface area contributed by atoms with Crippen molar-refractivity contribution in [2.24, 2.45) is 0 Å². The molecule has 0 radical (unpaired) electrons. The molecule has 1 aliphatic heterocycles. The Labute approximate surface area is 94.4 Å². The van der Waals surface area contributed by atoms with Crippen LogP contribution in [0.2, 0.25) is 0 Å². The van der Waals surface area contributed by atoms with Gasteiger partial charge in [0, 0.05) is 19.0 Å². The van der Waals surface area contributed by atoms with Crippen molar-refractivity contribution in [1.29, 1.82) is 0 Å². The summed E-state index contributed by atoms with van der Waals surface area (Å²) in [5, 5.41) is 3.59. The van der Waals surface area contributed by atoms with Crippen LogP contribution in [0, 0.1) is 12.3 Å². The average molecular weight is 208 g/mol. The molecule has 0 amide bonds. The van der Waals surface area contributed by atoms with Crippen molar-refractivity contribution in [2.45, 2.75) is 45.1 Å². The molecule has 1 aliphatic rings. The van der Waals surface area contributed by atoms with E-state index in [1.165, 1.54) is 32.4 Å². The Kier molecular flexibility index (Phi) is 6.47. The third-order valence-electron chi connectivity index (χ3n) is 3.13. The van der Waals surface area contributed by atoms with E-state index in [1.54, 1.807) is 0 Å². The summed E-state index contributed by atoms with van der Waals surface area (Å²) in [7, 11) is 0. The first-order chi connectivity index (χ1) is 7.36. The second-order valence-corrected chi connectivity index (χ2v) is 4.35. The van der Waals surface area contributed by atoms with Crippen molar-refractivity contribution in [3.05, 3.63) is 0 Å². The number of piperidine rings is 1. The maximum absolute atomic E-state index is 5.26. The summed E-state index contributed by atoms with van der Waals surface area (Å²) in [6, 6.07) is 0.713. The first-order valence-electron chi connectivity index (χ1n) is 6.26. The maximum atomic E-state index is 5.26. The van der Waals surface area contributed by atoms with Gasteiger partial charge in [-0.15, -0.1) is 12.3 Å². The standard InChI is InChI=1S/C13H24N2/c1-3-5-8-11-15(4-2)12-13-9-6-7-10-14-13/h1,13-14H,4-12H2,2H3. The zero-order valence-corrected chi connectivity index (χ0v) is 9.97. The highest BCUT2D eigenvalue weighted by atomic mass is 15.1. The number of rotatable bonds is 6. The lowest BCUT2D eigenvalue weighted by molar-refractivity contribution is 0.232. The molecule has 1 saturated heterocycles. The van der Waals surface area contributed by atoms with Crippen LogP contribution in [0.15, 0.2) is 0 Å². The van der Waals surface area contributed by atoms with Gasteiger partial charge < -0.3 is 10.2 Å². The fraction of sp³-hybridized carbons (Fsp3) is 0.846. The van der Waals surface area contributed by atoms with Gasteiger partial charge in [-0.25, -0.2) is 0 Å². The Bertz CT molecular complexity index is 189. The van der Waals surface area contributed by atoms with E-state index in [9.17, 15) is 0 Å². The molecule has 0 spiro atoms. The summed E-state index contributed by atoms with van der Waals surface area (Å²) < 4.78 is 0. The van der Waals surface area contributed by atoms with Crippen LogP contribution in [0.4, 0.5) is 0 Å². The molecule has 0 aromatic rings. The smallest absolute Gasteiger partial charge is 0.0195 e. The van der Waals surface area contributed by atoms with Gasteiger partial charge in [-0.3, -0.25) is 0 Å². The van der Waals surface area contributed by atoms with E-state index in [2.05, 4.69) is 23.1 Å². The molecule has 86 valence electrons. The van der Waals surface area contributed by atoms with Gasteiger partial charge in [-0.05, 0) is 38.9 Å². The summed E-state index contributed by atoms with van der Waals surface area (Å²) in [5.41, 5.74) is 0. The molecule has 1 unspecified atom stereocenters. The minimum absolute atomic E-state index is 0.713. The third kappa shape index (κ3) is 5.20. The van der Waals surface area contributed by atoms with Gasteiger partial charge in [0.2, 0.25) is 0 Å². The lowest BCUT2D eigenvalue weighted by Gasteiger charge is -2.29. The number of terminal acetylenes is 1. The lowest BCUT2D eigenvalue weighted by atomic mass is 10.0. The Morgan fingerprint density at radius 3 is 2.93 bits per heavy atom. The summed E-state index contributed by atoms with van der Waals surface area (Å²) in [6.07, 6.45) is 11.4. The highest BCUT2D eigenvalue weighted by Crippen LogP contribution is 2.08. The first-order valence-corrected chi connectivity index (χ1v) is 6.26. The molecule has 0 aliphatic carbocycles. The van der Waals surface area contributed by atoms with Crippen LogP contribution >= 0.6 is 0 Å². The number of nitrogens with zero attached hydrogens (tertiary/aromatic N) is 1. The number of likely N-dealkylation sites (N-methyl/N-ethyl adjacent to an activating group) is 1. The van der Waals surface area contributed by atoms with Gasteiger partial charge in [0.15, 0.2) is 0 Å². The van der Waals surface area contributed by atoms with E-state index in [1.807, 2.05) is 0 Å². The highest BCUT2D eigenvalue weighted by molar-refractivity contribution is 4.84. The van der Waals surface area contributed by atoms with E-state index in [-0.39, 0.29) is 0 Å². The lowest BCUT2D eigenvalue weighted by Crippen LogP contribution is -2.43. The molecule has 0 saturated carbocycles. The van der Waals surface area contributed by atoms with Crippen molar-refractivity contribution in [2.75, 3.05) is 26.2 Å². The molecular formula is C13H24N2. The fourth-order valence-corrected chi connectivity index (χ4v) is 2.17. The second kappa shape index (κ2) is 7.73. The van der Waals surface area contributed by atoms with Crippen molar-refractivity contribution in [3.8, 4) is 12.3 Å². The average Bonchev–Trinajstić information content (AvgIpc) is 2.29. The van der Waals surface area contributed by atoms with Crippen molar-refractivity contribution in [1.82, 2.24) is 10.2 Å². The predicted octanol–water partition coefficient (Wildman–Crippen LogP) is 1.86. The minimum atomic E-state index is 0.713. The normalized spacial score (nSPS) is 21.5. The number of hydrogen-bond acceptors (Lipinski definition) is 2. The van der Waals surface area contributed by atoms with Gasteiger partial charge in [0.05, 0.1) is 0 Å². The Morgan fingerprint density at radius 1 is 1.47 bits per heavy atom. The predicted molar refractivity (Wildman–Crippen MR) is 65.8 cm³/mol. The van der Waals surface area contributed by atoms with Crippen LogP contribution in [-0.2, 0) is 0 Å². The monoisotopic (exact) mass is 208 g/mol. The molecule has 1 rings (SSSR count). The molecule has 1 atom stereocenters. The topological polar surface area (TPSA) is 15.3 Å². The Balaban J connectivity index is 2.17. The van der Waals surface area contributed by atoms with Crippen LogP contribution in [-0.4, -0.2) is 37.1 Å². The molecule has 2 nitrogen and oxygen atoms in total. The van der Waals surface area contributed by atoms with Crippen molar-refractivity contribution in [3.63, 3.8) is 0 Å². The molecule has 0 aromatic carbocycles. The van der Waals surface area contributed by atoms with Crippen molar-refractivity contribution >= 4 is 0 Å². The summed E-state index contributed by atoms with van der Waals surface area (Å²) in [6.45, 7) is 6.92. The maximum Gasteiger partial charge on any atom is 0.0195 e. The zero-order chi connectivity index (χ0) is 10.9. The minimum Gasteiger partial charge on any atom is -0.313 e. The van der Waals surface area contributed by atoms with Crippen LogP contribution < -0.4 is 5.32 Å². The van der Waals surface area contributed by atoms with Crippen LogP contribution in [0.3, 0.4) is 0 Å². The molecule has 2 heteroatoms. The molecule has 1 N–H and O–H groups in total. The van der Waals surface area contributed by atoms with E-state index in [0.29, 0.717) is 6.04 Å². The van der Waals surface area contributed by atoms with E-state index in [0.717, 1.165) is 25.9 Å². The Hall–Kier alpha value is -0.520. The molecule has 1 heterocycles. The summed E-state index contributed by atoms with van der Waals surface area (Å²) >= 11 is 0. The van der Waals surface area contributed by atoms with E-state index < -0.39 is 0 Å². The second-order valence-electron chi connectivity index (χ2n) is 4.35. The SMILES string of the molecule is C#CCCCN(CC)CC1CCCCN1. The highest BCUT2D eigenvalue weighted by Gasteiger charge is 2.15. The molecule has 0 aromatic heterocycles. The van der Waals surface area contributed by atoms with Crippen LogP contribution in [0.5, 0.6) is 0 Å². The van der Waals surface area contributed by atoms with Crippen LogP contribution in [0.25, 0.3) is 0 Å². The third-order valence-corrected chi connectivity index (χ3v) is 3.13. The van der Waals surface area contributed by atoms with Gasteiger partial charge in [-0.1, -0.05) is 13.3 Å². The zero-order valence-electron chi connectivity index (χ0n) is 9.97. The van der Waals surface area contributed by atoms with Gasteiger partial charge in [0.1, 0.15) is 0 Å². The summed E-state index contributed by atoms with van der Waals surface area (Å²) in [4.78, 5) is 2.51. The fourth-order valence-electron chi connectivity index (χ4n) is 2.17. The number of unbranched alkanes of at least 4 members (excludes halogenated alkanes) is 1. The molecular weight excluding hydrogens is 184 g/mol. The molecule has 0 bridgehead atoms. The first kappa shape index (κ1) is 12.5. The number of hydrogen-bond donors (Lipinski definition) is 1. The largest absolute Gasteiger partial charge is 0.313 e. The summed E-state index contributed by atoms with van der Waals surface area (Å²) in [5.74, 6) is 2.71. The van der Waals surface area contributed by atoms with Crippen molar-refractivity contribution < 1.29 is 0 Å². The van der Waals surface area contributed by atoms with Gasteiger partial charge >= 0.3 is 0 Å². The Morgan fingerprint density at radius 2 is 2.33 bits per heavy atom. The van der Waals surface area contributed by atoms with Gasteiger partial charge in [0.25, 0.3) is 0 Å².